The van der Waals surface area contributed by atoms with E-state index in [0.29, 0.717) is 5.92 Å². The molecule has 0 radical (unpaired) electrons. The molecule has 0 aliphatic heterocycles. The predicted molar refractivity (Wildman–Crippen MR) is 64.8 cm³/mol. The molecule has 1 N–H and O–H groups in total. The summed E-state index contributed by atoms with van der Waals surface area (Å²) in [6.45, 7) is 5.07. The molecule has 17 heavy (non-hydrogen) atoms. The normalized spacial score (nSPS) is 29.2. The van der Waals surface area contributed by atoms with Crippen molar-refractivity contribution in [2.75, 3.05) is 0 Å². The molecule has 0 aromatic carbocycles. The number of nitrogens with zero attached hydrogens (tertiary/aromatic N) is 2. The summed E-state index contributed by atoms with van der Waals surface area (Å²) in [6.07, 6.45) is 6.61. The van der Waals surface area contributed by atoms with Crippen LogP contribution < -0.4 is 0 Å². The number of aromatic nitrogens is 2. The Morgan fingerprint density at radius 2 is 2.35 bits per heavy atom. The molecule has 94 valence electrons. The molecule has 0 amide bonds. The molecule has 4 nitrogen and oxygen atoms in total. The minimum atomic E-state index is -0.661. The zero-order chi connectivity index (χ0) is 12.4. The van der Waals surface area contributed by atoms with Crippen molar-refractivity contribution in [2.24, 2.45) is 11.8 Å². The lowest BCUT2D eigenvalue weighted by Crippen LogP contribution is -2.28. The van der Waals surface area contributed by atoms with Gasteiger partial charge in [0.25, 0.3) is 0 Å². The van der Waals surface area contributed by atoms with Gasteiger partial charge in [-0.1, -0.05) is 6.92 Å². The van der Waals surface area contributed by atoms with E-state index in [-0.39, 0.29) is 11.8 Å². The summed E-state index contributed by atoms with van der Waals surface area (Å²) in [5.41, 5.74) is 1.09. The van der Waals surface area contributed by atoms with Gasteiger partial charge in [-0.05, 0) is 37.7 Å². The van der Waals surface area contributed by atoms with Gasteiger partial charge in [0.05, 0.1) is 12.1 Å². The minimum Gasteiger partial charge on any atom is -0.481 e. The number of aliphatic carboxylic acids is 1. The first-order valence-electron chi connectivity index (χ1n) is 6.37. The van der Waals surface area contributed by atoms with Crippen molar-refractivity contribution in [2.45, 2.75) is 45.6 Å². The molecule has 1 heterocycles. The fraction of sp³-hybridized carbons (Fsp3) is 0.692. The largest absolute Gasteiger partial charge is 0.481 e. The highest BCUT2D eigenvalue weighted by molar-refractivity contribution is 5.71. The molecular formula is C13H20N2O2. The fourth-order valence-corrected chi connectivity index (χ4v) is 2.79. The summed E-state index contributed by atoms with van der Waals surface area (Å²) in [7, 11) is 0. The van der Waals surface area contributed by atoms with Crippen LogP contribution >= 0.6 is 0 Å². The number of carboxylic acid groups (broad SMARTS) is 1. The maximum absolute atomic E-state index is 11.3. The maximum atomic E-state index is 11.3. The number of rotatable bonds is 3. The average molecular weight is 236 g/mol. The van der Waals surface area contributed by atoms with Crippen LogP contribution in [0.15, 0.2) is 12.4 Å². The van der Waals surface area contributed by atoms with E-state index in [0.717, 1.165) is 31.4 Å². The van der Waals surface area contributed by atoms with E-state index in [2.05, 4.69) is 12.0 Å². The van der Waals surface area contributed by atoms with Crippen molar-refractivity contribution < 1.29 is 9.90 Å². The molecule has 2 rings (SSSR count). The van der Waals surface area contributed by atoms with Gasteiger partial charge in [-0.3, -0.25) is 9.48 Å². The summed E-state index contributed by atoms with van der Waals surface area (Å²) >= 11 is 0. The Bertz CT molecular complexity index is 400. The summed E-state index contributed by atoms with van der Waals surface area (Å²) in [5, 5.41) is 13.5. The lowest BCUT2D eigenvalue weighted by atomic mass is 9.72. The highest BCUT2D eigenvalue weighted by Crippen LogP contribution is 2.40. The first-order chi connectivity index (χ1) is 8.11. The number of carbonyl (C=O) groups is 1. The quantitative estimate of drug-likeness (QED) is 0.877. The second-order valence-corrected chi connectivity index (χ2v) is 5.10. The van der Waals surface area contributed by atoms with Gasteiger partial charge in [0.15, 0.2) is 0 Å². The summed E-state index contributed by atoms with van der Waals surface area (Å²) in [5.74, 6) is -0.149. The molecule has 1 aliphatic carbocycles. The van der Waals surface area contributed by atoms with Gasteiger partial charge >= 0.3 is 5.97 Å². The third-order valence-electron chi connectivity index (χ3n) is 3.84. The fourth-order valence-electron chi connectivity index (χ4n) is 2.79. The van der Waals surface area contributed by atoms with E-state index in [4.69, 9.17) is 0 Å². The van der Waals surface area contributed by atoms with Crippen molar-refractivity contribution in [3.05, 3.63) is 18.0 Å². The second kappa shape index (κ2) is 4.90. The number of hydrogen-bond acceptors (Lipinski definition) is 2. The van der Waals surface area contributed by atoms with Crippen LogP contribution in [0.2, 0.25) is 0 Å². The van der Waals surface area contributed by atoms with Crippen LogP contribution in [-0.2, 0) is 11.3 Å². The summed E-state index contributed by atoms with van der Waals surface area (Å²) < 4.78 is 1.87. The monoisotopic (exact) mass is 236 g/mol. The van der Waals surface area contributed by atoms with Gasteiger partial charge < -0.3 is 5.11 Å². The first-order valence-corrected chi connectivity index (χ1v) is 6.37. The zero-order valence-electron chi connectivity index (χ0n) is 10.5. The van der Waals surface area contributed by atoms with Crippen LogP contribution in [0, 0.1) is 11.8 Å². The molecule has 3 atom stereocenters. The SMILES string of the molecule is CCn1cc(C2CC(C)CCC2C(=O)O)cn1. The van der Waals surface area contributed by atoms with Gasteiger partial charge in [-0.25, -0.2) is 0 Å². The molecule has 1 saturated carbocycles. The third-order valence-corrected chi connectivity index (χ3v) is 3.84. The van der Waals surface area contributed by atoms with Gasteiger partial charge in [0, 0.05) is 18.7 Å². The Labute approximate surface area is 102 Å². The van der Waals surface area contributed by atoms with Crippen molar-refractivity contribution in [1.29, 1.82) is 0 Å². The Kier molecular flexibility index (Phi) is 3.50. The number of carboxylic acids is 1. The molecular weight excluding hydrogens is 216 g/mol. The van der Waals surface area contributed by atoms with Crippen molar-refractivity contribution in [1.82, 2.24) is 9.78 Å². The Morgan fingerprint density at radius 1 is 1.59 bits per heavy atom. The van der Waals surface area contributed by atoms with Crippen LogP contribution in [0.4, 0.5) is 0 Å². The maximum Gasteiger partial charge on any atom is 0.307 e. The van der Waals surface area contributed by atoms with Crippen LogP contribution in [-0.4, -0.2) is 20.9 Å². The van der Waals surface area contributed by atoms with E-state index in [9.17, 15) is 9.90 Å². The summed E-state index contributed by atoms with van der Waals surface area (Å²) in [4.78, 5) is 11.3. The molecule has 4 heteroatoms. The van der Waals surface area contributed by atoms with E-state index >= 15 is 0 Å². The van der Waals surface area contributed by atoms with Crippen LogP contribution in [0.1, 0.15) is 44.6 Å². The van der Waals surface area contributed by atoms with Gasteiger partial charge in [-0.15, -0.1) is 0 Å². The Balaban J connectivity index is 2.22. The lowest BCUT2D eigenvalue weighted by Gasteiger charge is -2.31. The first kappa shape index (κ1) is 12.1. The Hall–Kier alpha value is -1.32. The molecule has 0 bridgehead atoms. The standard InChI is InChI=1S/C13H20N2O2/c1-3-15-8-10(7-14-15)12-6-9(2)4-5-11(12)13(16)17/h7-9,11-12H,3-6H2,1-2H3,(H,16,17). The van der Waals surface area contributed by atoms with E-state index in [1.54, 1.807) is 0 Å². The highest BCUT2D eigenvalue weighted by Gasteiger charge is 2.35. The molecule has 3 unspecified atom stereocenters. The Morgan fingerprint density at radius 3 is 2.94 bits per heavy atom. The van der Waals surface area contributed by atoms with Gasteiger partial charge in [-0.2, -0.15) is 5.10 Å². The van der Waals surface area contributed by atoms with Gasteiger partial charge in [0.1, 0.15) is 0 Å². The summed E-state index contributed by atoms with van der Waals surface area (Å²) in [6, 6.07) is 0. The number of aryl methyl sites for hydroxylation is 1. The smallest absolute Gasteiger partial charge is 0.307 e. The third kappa shape index (κ3) is 2.51. The number of hydrogen-bond donors (Lipinski definition) is 1. The molecule has 1 aromatic rings. The molecule has 1 aromatic heterocycles. The van der Waals surface area contributed by atoms with Crippen LogP contribution in [0.25, 0.3) is 0 Å². The van der Waals surface area contributed by atoms with Gasteiger partial charge in [0.2, 0.25) is 0 Å². The van der Waals surface area contributed by atoms with Crippen LogP contribution in [0.3, 0.4) is 0 Å². The lowest BCUT2D eigenvalue weighted by molar-refractivity contribution is -0.143. The molecule has 1 fully saturated rings. The molecule has 0 spiro atoms. The second-order valence-electron chi connectivity index (χ2n) is 5.10. The van der Waals surface area contributed by atoms with E-state index in [1.807, 2.05) is 24.0 Å². The highest BCUT2D eigenvalue weighted by atomic mass is 16.4. The van der Waals surface area contributed by atoms with E-state index in [1.165, 1.54) is 0 Å². The predicted octanol–water partition coefficient (Wildman–Crippen LogP) is 2.51. The topological polar surface area (TPSA) is 55.1 Å². The van der Waals surface area contributed by atoms with Crippen molar-refractivity contribution in [3.63, 3.8) is 0 Å². The zero-order valence-corrected chi connectivity index (χ0v) is 10.5. The van der Waals surface area contributed by atoms with E-state index < -0.39 is 5.97 Å². The molecule has 0 saturated heterocycles. The molecule has 1 aliphatic rings. The van der Waals surface area contributed by atoms with Crippen LogP contribution in [0.5, 0.6) is 0 Å². The average Bonchev–Trinajstić information content (AvgIpc) is 2.76. The van der Waals surface area contributed by atoms with Crippen molar-refractivity contribution in [3.8, 4) is 0 Å². The minimum absolute atomic E-state index is 0.136. The van der Waals surface area contributed by atoms with Crippen molar-refractivity contribution >= 4 is 5.97 Å².